The number of fused-ring (bicyclic) bond motifs is 1. The fourth-order valence-corrected chi connectivity index (χ4v) is 11.0. The number of carbonyl (C=O) groups is 4. The summed E-state index contributed by atoms with van der Waals surface area (Å²) < 4.78 is 16.1. The molecule has 2 aliphatic heterocycles. The van der Waals surface area contributed by atoms with Gasteiger partial charge in [-0.2, -0.15) is 0 Å². The van der Waals surface area contributed by atoms with Crippen molar-refractivity contribution in [3.63, 3.8) is 0 Å². The van der Waals surface area contributed by atoms with Crippen LogP contribution in [-0.4, -0.2) is 72.7 Å². The van der Waals surface area contributed by atoms with Crippen molar-refractivity contribution in [2.45, 2.75) is 60.8 Å². The first-order valence-corrected chi connectivity index (χ1v) is 22.7. The zero-order chi connectivity index (χ0) is 44.3. The van der Waals surface area contributed by atoms with Crippen molar-refractivity contribution in [1.29, 1.82) is 0 Å². The van der Waals surface area contributed by atoms with E-state index in [2.05, 4.69) is 20.8 Å². The van der Waals surface area contributed by atoms with Gasteiger partial charge in [0.05, 0.1) is 11.6 Å². The zero-order valence-corrected chi connectivity index (χ0v) is 36.6. The molecule has 4 heterocycles. The molecule has 0 radical (unpaired) electrons. The van der Waals surface area contributed by atoms with Crippen molar-refractivity contribution < 1.29 is 37.9 Å². The molecular weight excluding hydrogens is 863 g/mol. The highest BCUT2D eigenvalue weighted by Crippen LogP contribution is 2.43. The summed E-state index contributed by atoms with van der Waals surface area (Å²) in [5, 5.41) is 26.2. The van der Waals surface area contributed by atoms with E-state index in [0.717, 1.165) is 21.7 Å². The molecule has 322 valence electrons. The molecule has 4 aromatic carbocycles. The van der Waals surface area contributed by atoms with Gasteiger partial charge < -0.3 is 24.0 Å². The number of ketones is 1. The van der Waals surface area contributed by atoms with Crippen LogP contribution in [0.15, 0.2) is 144 Å². The number of esters is 1. The van der Waals surface area contributed by atoms with Gasteiger partial charge in [0.1, 0.15) is 22.1 Å². The van der Waals surface area contributed by atoms with E-state index in [4.69, 9.17) is 13.6 Å². The lowest BCUT2D eigenvalue weighted by molar-refractivity contribution is -0.154. The molecule has 8 rings (SSSR count). The molecule has 2 aliphatic rings. The summed E-state index contributed by atoms with van der Waals surface area (Å²) in [5.41, 5.74) is 2.52. The Bertz CT molecular complexity index is 2640. The molecule has 1 fully saturated rings. The minimum atomic E-state index is -1.83. The lowest BCUT2D eigenvalue weighted by atomic mass is 9.76. The number of carbonyl (C=O) groups excluding carboxylic acids is 4. The number of nitrogens with one attached hydrogen (secondary N) is 2. The maximum atomic E-state index is 14.6. The van der Waals surface area contributed by atoms with Crippen LogP contribution in [0.3, 0.4) is 0 Å². The molecule has 17 heteroatoms. The molecule has 4 atom stereocenters. The monoisotopic (exact) mass is 903 g/mol. The van der Waals surface area contributed by atoms with Gasteiger partial charge in [0.15, 0.2) is 34.4 Å². The Kier molecular flexibility index (Phi) is 12.9. The second-order valence-electron chi connectivity index (χ2n) is 14.8. The highest BCUT2D eigenvalue weighted by Gasteiger charge is 2.55. The molecular formula is C46H41N5O9S3. The van der Waals surface area contributed by atoms with Crippen molar-refractivity contribution in [2.24, 2.45) is 0 Å². The summed E-state index contributed by atoms with van der Waals surface area (Å²) in [7, 11) is 0. The van der Waals surface area contributed by atoms with Crippen LogP contribution in [0.25, 0.3) is 0 Å². The molecule has 1 saturated heterocycles. The van der Waals surface area contributed by atoms with E-state index in [1.165, 1.54) is 52.8 Å². The number of aliphatic hydroxyl groups is 1. The predicted octanol–water partition coefficient (Wildman–Crippen LogP) is 6.08. The van der Waals surface area contributed by atoms with Gasteiger partial charge in [0, 0.05) is 22.6 Å². The largest absolute Gasteiger partial charge is 0.519 e. The number of amides is 2. The fourth-order valence-electron chi connectivity index (χ4n) is 7.75. The van der Waals surface area contributed by atoms with Crippen LogP contribution in [0.2, 0.25) is 0 Å². The van der Waals surface area contributed by atoms with Crippen LogP contribution < -0.4 is 16.5 Å². The third-order valence-electron chi connectivity index (χ3n) is 10.8. The van der Waals surface area contributed by atoms with Crippen LogP contribution in [-0.2, 0) is 31.3 Å². The summed E-state index contributed by atoms with van der Waals surface area (Å²) in [5.74, 6) is -2.87. The summed E-state index contributed by atoms with van der Waals surface area (Å²) in [4.78, 5) is 69.0. The quantitative estimate of drug-likeness (QED) is 0.0333. The van der Waals surface area contributed by atoms with Gasteiger partial charge in [0.2, 0.25) is 0 Å². The van der Waals surface area contributed by atoms with Crippen molar-refractivity contribution in [3.05, 3.63) is 181 Å². The molecule has 63 heavy (non-hydrogen) atoms. The highest BCUT2D eigenvalue weighted by molar-refractivity contribution is 8.01. The molecule has 2 unspecified atom stereocenters. The van der Waals surface area contributed by atoms with E-state index in [-0.39, 0.29) is 34.1 Å². The highest BCUT2D eigenvalue weighted by atomic mass is 32.2. The number of benzene rings is 4. The molecule has 2 aromatic heterocycles. The third kappa shape index (κ3) is 8.79. The Morgan fingerprint density at radius 3 is 2.06 bits per heavy atom. The fraction of sp³-hybridized carbons (Fsp3) is 0.239. The van der Waals surface area contributed by atoms with Crippen LogP contribution in [0.4, 0.5) is 0 Å². The van der Waals surface area contributed by atoms with Gasteiger partial charge >= 0.3 is 11.8 Å². The Morgan fingerprint density at radius 2 is 1.49 bits per heavy atom. The third-order valence-corrected chi connectivity index (χ3v) is 14.2. The normalized spacial score (nSPS) is 17.1. The van der Waals surface area contributed by atoms with Crippen molar-refractivity contribution in [3.8, 4) is 0 Å². The Hall–Kier alpha value is -6.11. The van der Waals surface area contributed by atoms with Crippen LogP contribution in [0.1, 0.15) is 62.2 Å². The van der Waals surface area contributed by atoms with Gasteiger partial charge in [-0.25, -0.2) is 9.59 Å². The summed E-state index contributed by atoms with van der Waals surface area (Å²) in [6.07, 6.45) is -1.83. The lowest BCUT2D eigenvalue weighted by Crippen LogP contribution is -2.71. The van der Waals surface area contributed by atoms with Gasteiger partial charge in [-0.15, -0.1) is 22.0 Å². The molecule has 0 saturated carbocycles. The number of rotatable bonds is 16. The Morgan fingerprint density at radius 1 is 0.889 bits per heavy atom. The number of aliphatic hydroxyl groups excluding tert-OH is 1. The van der Waals surface area contributed by atoms with E-state index < -0.39 is 59.3 Å². The maximum absolute atomic E-state index is 14.6. The standard InChI is InChI=1S/C46H41N5O9S3/c1-26(48-46(30-15-7-4-8-16-30,31-17-9-5-10-18-31)32-19-11-6-12-20-32)38(52)33-21-13-14-22-34(33)39(53)40(54)47-36-41(55)51-37(43(56)58-23-35-27(2)59-45(57)60-35)29(24-61-42(36)51)25-62-44-50-49-28(3)63-44/h4-22,26,36,39,42,48,53H,23-25H2,1-3H3,(H,47,54)/t26-,36?,39?,42-/m0/s1. The molecule has 0 aliphatic carbocycles. The van der Waals surface area contributed by atoms with Gasteiger partial charge in [0.25, 0.3) is 11.8 Å². The van der Waals surface area contributed by atoms with Gasteiger partial charge in [-0.05, 0) is 43.0 Å². The van der Waals surface area contributed by atoms with Crippen molar-refractivity contribution in [1.82, 2.24) is 25.7 Å². The van der Waals surface area contributed by atoms with E-state index in [1.807, 2.05) is 97.9 Å². The first kappa shape index (κ1) is 43.5. The molecule has 0 bridgehead atoms. The molecule has 14 nitrogen and oxygen atoms in total. The number of aromatic nitrogens is 2. The topological polar surface area (TPSA) is 194 Å². The number of nitrogens with zero attached hydrogens (tertiary/aromatic N) is 3. The predicted molar refractivity (Wildman–Crippen MR) is 237 cm³/mol. The van der Waals surface area contributed by atoms with Crippen LogP contribution in [0, 0.1) is 13.8 Å². The number of β-lactam (4-membered cyclic amide) rings is 1. The first-order chi connectivity index (χ1) is 30.5. The average molecular weight is 904 g/mol. The minimum Gasteiger partial charge on any atom is -0.453 e. The number of thioether (sulfide) groups is 2. The van der Waals surface area contributed by atoms with E-state index in [0.29, 0.717) is 21.4 Å². The lowest BCUT2D eigenvalue weighted by Gasteiger charge is -2.49. The van der Waals surface area contributed by atoms with Crippen LogP contribution in [0.5, 0.6) is 0 Å². The van der Waals surface area contributed by atoms with E-state index in [1.54, 1.807) is 25.1 Å². The van der Waals surface area contributed by atoms with Gasteiger partial charge in [-0.1, -0.05) is 138 Å². The number of hydrogen-bond donors (Lipinski definition) is 3. The van der Waals surface area contributed by atoms with E-state index >= 15 is 0 Å². The second-order valence-corrected chi connectivity index (χ2v) is 18.3. The summed E-state index contributed by atoms with van der Waals surface area (Å²) in [6, 6.07) is 33.9. The smallest absolute Gasteiger partial charge is 0.453 e. The Labute approximate surface area is 374 Å². The molecule has 6 aromatic rings. The van der Waals surface area contributed by atoms with Crippen molar-refractivity contribution >= 4 is 58.4 Å². The minimum absolute atomic E-state index is 0.00189. The summed E-state index contributed by atoms with van der Waals surface area (Å²) in [6.45, 7) is 4.66. The first-order valence-electron chi connectivity index (χ1n) is 19.9. The van der Waals surface area contributed by atoms with Crippen LogP contribution >= 0.6 is 34.9 Å². The zero-order valence-electron chi connectivity index (χ0n) is 34.2. The number of Topliss-reactive ketones (excluding diaryl/α,β-unsaturated/α-hetero) is 1. The van der Waals surface area contributed by atoms with Crippen molar-refractivity contribution in [2.75, 3.05) is 11.5 Å². The van der Waals surface area contributed by atoms with E-state index in [9.17, 15) is 29.1 Å². The van der Waals surface area contributed by atoms with Gasteiger partial charge in [-0.3, -0.25) is 24.6 Å². The second kappa shape index (κ2) is 18.7. The number of hydrogen-bond acceptors (Lipinski definition) is 15. The maximum Gasteiger partial charge on any atom is 0.519 e. The molecule has 2 amide bonds. The SMILES string of the molecule is Cc1nnc(SCC2=C(C(=O)OCc3oc(=O)oc3C)N3C(=O)C(NC(=O)C(O)c4ccccc4C(=O)[C@H](C)NC(c4ccccc4)(c4ccccc4)c4ccccc4)[C@@H]3SC2)s1. The Balaban J connectivity index is 1.02. The number of ether oxygens (including phenoxy) is 1. The average Bonchev–Trinajstić information content (AvgIpc) is 3.89. The molecule has 0 spiro atoms. The molecule has 3 N–H and O–H groups in total. The summed E-state index contributed by atoms with van der Waals surface area (Å²) >= 11 is 4.08. The number of aryl methyl sites for hydroxylation is 2.